The molecule has 1 aliphatic carbocycles. The summed E-state index contributed by atoms with van der Waals surface area (Å²) in [7, 11) is 0. The van der Waals surface area contributed by atoms with Gasteiger partial charge in [-0.3, -0.25) is 4.79 Å². The van der Waals surface area contributed by atoms with Crippen LogP contribution in [0.2, 0.25) is 0 Å². The number of amides is 1. The highest BCUT2D eigenvalue weighted by atomic mass is 16.3. The van der Waals surface area contributed by atoms with Gasteiger partial charge in [0.15, 0.2) is 12.2 Å². The molecule has 1 heterocycles. The summed E-state index contributed by atoms with van der Waals surface area (Å²) in [5.74, 6) is 1.65. The van der Waals surface area contributed by atoms with E-state index >= 15 is 0 Å². The molecule has 0 radical (unpaired) electrons. The number of nitrogens with zero attached hydrogens (tertiary/aromatic N) is 1. The van der Waals surface area contributed by atoms with Crippen molar-refractivity contribution in [2.24, 2.45) is 23.5 Å². The summed E-state index contributed by atoms with van der Waals surface area (Å²) >= 11 is 0. The first-order chi connectivity index (χ1) is 11.4. The lowest BCUT2D eigenvalue weighted by molar-refractivity contribution is -0.129. The Morgan fingerprint density at radius 3 is 2.79 bits per heavy atom. The van der Waals surface area contributed by atoms with E-state index in [1.807, 2.05) is 18.2 Å². The van der Waals surface area contributed by atoms with Gasteiger partial charge in [-0.15, -0.1) is 0 Å². The number of nitrogens with two attached hydrogens (primary N) is 1. The van der Waals surface area contributed by atoms with Gasteiger partial charge >= 0.3 is 0 Å². The van der Waals surface area contributed by atoms with Crippen molar-refractivity contribution >= 4 is 5.91 Å². The molecule has 24 heavy (non-hydrogen) atoms. The number of aromatic nitrogens is 1. The molecule has 0 saturated heterocycles. The molecule has 1 aromatic carbocycles. The molecule has 1 fully saturated rings. The Hall–Kier alpha value is -2.10. The highest BCUT2D eigenvalue weighted by Gasteiger charge is 2.49. The summed E-state index contributed by atoms with van der Waals surface area (Å²) in [6.07, 6.45) is 6.12. The van der Waals surface area contributed by atoms with Gasteiger partial charge in [-0.1, -0.05) is 45.4 Å². The standard InChI is InChI=1S/C20H26N2O2/c1-13(2)17-8-7-14(3)10-20(17,19(21)23)16-6-4-5-15(9-16)18-11-22-12-24-18/h4-6,9,11-14,17H,7-8,10H2,1-3H3,(H2,21,23). The van der Waals surface area contributed by atoms with Crippen molar-refractivity contribution in [1.82, 2.24) is 4.98 Å². The third-order valence-electron chi connectivity index (χ3n) is 5.61. The number of oxazole rings is 1. The molecule has 1 aliphatic rings. The van der Waals surface area contributed by atoms with E-state index in [-0.39, 0.29) is 11.8 Å². The Balaban J connectivity index is 2.13. The Labute approximate surface area is 143 Å². The fourth-order valence-corrected chi connectivity index (χ4v) is 4.48. The average molecular weight is 326 g/mol. The van der Waals surface area contributed by atoms with Crippen LogP contribution >= 0.6 is 0 Å². The normalized spacial score (nSPS) is 27.3. The maximum atomic E-state index is 12.7. The Morgan fingerprint density at radius 2 is 2.17 bits per heavy atom. The molecule has 0 bridgehead atoms. The van der Waals surface area contributed by atoms with E-state index in [2.05, 4.69) is 31.8 Å². The van der Waals surface area contributed by atoms with E-state index in [0.717, 1.165) is 30.4 Å². The van der Waals surface area contributed by atoms with Gasteiger partial charge in [0.2, 0.25) is 5.91 Å². The van der Waals surface area contributed by atoms with Crippen LogP contribution in [0.15, 0.2) is 41.3 Å². The third kappa shape index (κ3) is 2.74. The number of carbonyl (C=O) groups excluding carboxylic acids is 1. The molecule has 4 nitrogen and oxygen atoms in total. The first kappa shape index (κ1) is 16.7. The molecule has 0 aliphatic heterocycles. The van der Waals surface area contributed by atoms with Crippen LogP contribution in [0.4, 0.5) is 0 Å². The molecule has 2 N–H and O–H groups in total. The quantitative estimate of drug-likeness (QED) is 0.917. The molecule has 1 saturated carbocycles. The van der Waals surface area contributed by atoms with Crippen LogP contribution in [0.5, 0.6) is 0 Å². The number of carbonyl (C=O) groups is 1. The van der Waals surface area contributed by atoms with Crippen molar-refractivity contribution in [1.29, 1.82) is 0 Å². The van der Waals surface area contributed by atoms with Gasteiger partial charge in [0.25, 0.3) is 0 Å². The molecular formula is C20H26N2O2. The smallest absolute Gasteiger partial charge is 0.228 e. The molecular weight excluding hydrogens is 300 g/mol. The van der Waals surface area contributed by atoms with E-state index < -0.39 is 5.41 Å². The summed E-state index contributed by atoms with van der Waals surface area (Å²) < 4.78 is 5.42. The van der Waals surface area contributed by atoms with Gasteiger partial charge in [-0.25, -0.2) is 4.98 Å². The minimum Gasteiger partial charge on any atom is -0.444 e. The molecule has 4 heteroatoms. The van der Waals surface area contributed by atoms with Crippen LogP contribution in [0.3, 0.4) is 0 Å². The first-order valence-electron chi connectivity index (χ1n) is 8.74. The molecule has 3 atom stereocenters. The van der Waals surface area contributed by atoms with Crippen molar-refractivity contribution < 1.29 is 9.21 Å². The molecule has 3 unspecified atom stereocenters. The third-order valence-corrected chi connectivity index (χ3v) is 5.61. The molecule has 0 spiro atoms. The van der Waals surface area contributed by atoms with Crippen molar-refractivity contribution in [2.75, 3.05) is 0 Å². The number of hydrogen-bond acceptors (Lipinski definition) is 3. The van der Waals surface area contributed by atoms with Gasteiger partial charge in [0.1, 0.15) is 0 Å². The summed E-state index contributed by atoms with van der Waals surface area (Å²) in [6, 6.07) is 8.06. The Bertz CT molecular complexity index is 708. The lowest BCUT2D eigenvalue weighted by Crippen LogP contribution is -2.52. The zero-order valence-corrected chi connectivity index (χ0v) is 14.7. The van der Waals surface area contributed by atoms with Crippen LogP contribution in [0.1, 0.15) is 45.6 Å². The average Bonchev–Trinajstić information content (AvgIpc) is 3.08. The number of benzene rings is 1. The van der Waals surface area contributed by atoms with Crippen LogP contribution in [-0.2, 0) is 10.2 Å². The van der Waals surface area contributed by atoms with Crippen LogP contribution in [0, 0.1) is 17.8 Å². The summed E-state index contributed by atoms with van der Waals surface area (Å²) in [6.45, 7) is 6.60. The second-order valence-electron chi connectivity index (χ2n) is 7.52. The lowest BCUT2D eigenvalue weighted by atomic mass is 9.56. The molecule has 1 amide bonds. The van der Waals surface area contributed by atoms with Crippen molar-refractivity contribution in [3.63, 3.8) is 0 Å². The number of primary amides is 1. The van der Waals surface area contributed by atoms with Gasteiger partial charge in [0, 0.05) is 5.56 Å². The fourth-order valence-electron chi connectivity index (χ4n) is 4.48. The van der Waals surface area contributed by atoms with Gasteiger partial charge in [-0.2, -0.15) is 0 Å². The van der Waals surface area contributed by atoms with E-state index in [1.54, 1.807) is 6.20 Å². The summed E-state index contributed by atoms with van der Waals surface area (Å²) in [5.41, 5.74) is 7.35. The first-order valence-corrected chi connectivity index (χ1v) is 8.74. The molecule has 2 aromatic rings. The van der Waals surface area contributed by atoms with E-state index in [1.165, 1.54) is 6.39 Å². The van der Waals surface area contributed by atoms with E-state index in [9.17, 15) is 4.79 Å². The zero-order valence-electron chi connectivity index (χ0n) is 14.7. The summed E-state index contributed by atoms with van der Waals surface area (Å²) in [5, 5.41) is 0. The zero-order chi connectivity index (χ0) is 17.3. The Kier molecular flexibility index (Phi) is 4.48. The summed E-state index contributed by atoms with van der Waals surface area (Å²) in [4.78, 5) is 16.7. The van der Waals surface area contributed by atoms with Crippen LogP contribution in [0.25, 0.3) is 11.3 Å². The molecule has 128 valence electrons. The number of hydrogen-bond donors (Lipinski definition) is 1. The lowest BCUT2D eigenvalue weighted by Gasteiger charge is -2.46. The predicted octanol–water partition coefficient (Wildman–Crippen LogP) is 4.16. The predicted molar refractivity (Wildman–Crippen MR) is 94.2 cm³/mol. The second-order valence-corrected chi connectivity index (χ2v) is 7.52. The highest BCUT2D eigenvalue weighted by Crippen LogP contribution is 2.49. The van der Waals surface area contributed by atoms with Gasteiger partial charge in [0.05, 0.1) is 11.6 Å². The van der Waals surface area contributed by atoms with Gasteiger partial charge in [-0.05, 0) is 42.2 Å². The van der Waals surface area contributed by atoms with Crippen molar-refractivity contribution in [2.45, 2.75) is 45.4 Å². The monoisotopic (exact) mass is 326 g/mol. The maximum Gasteiger partial charge on any atom is 0.228 e. The maximum absolute atomic E-state index is 12.7. The number of rotatable bonds is 4. The van der Waals surface area contributed by atoms with Crippen LogP contribution < -0.4 is 5.73 Å². The van der Waals surface area contributed by atoms with Crippen molar-refractivity contribution in [3.05, 3.63) is 42.4 Å². The highest BCUT2D eigenvalue weighted by molar-refractivity contribution is 5.88. The minimum absolute atomic E-state index is 0.206. The largest absolute Gasteiger partial charge is 0.444 e. The second kappa shape index (κ2) is 6.42. The van der Waals surface area contributed by atoms with Crippen molar-refractivity contribution in [3.8, 4) is 11.3 Å². The van der Waals surface area contributed by atoms with Crippen LogP contribution in [-0.4, -0.2) is 10.9 Å². The topological polar surface area (TPSA) is 69.1 Å². The SMILES string of the molecule is CC1CCC(C(C)C)C(C(N)=O)(c2cccc(-c3cnco3)c2)C1. The van der Waals surface area contributed by atoms with Gasteiger partial charge < -0.3 is 10.2 Å². The fraction of sp³-hybridized carbons (Fsp3) is 0.500. The Morgan fingerprint density at radius 1 is 1.38 bits per heavy atom. The minimum atomic E-state index is -0.609. The molecule has 3 rings (SSSR count). The van der Waals surface area contributed by atoms with E-state index in [0.29, 0.717) is 17.6 Å². The van der Waals surface area contributed by atoms with E-state index in [4.69, 9.17) is 10.2 Å². The molecule has 1 aromatic heterocycles.